The molecule has 3 rings (SSSR count). The molecule has 1 heterocycles. The third-order valence-corrected chi connectivity index (χ3v) is 6.21. The quantitative estimate of drug-likeness (QED) is 0.860. The summed E-state index contributed by atoms with van der Waals surface area (Å²) in [6, 6.07) is 8.78. The van der Waals surface area contributed by atoms with Crippen LogP contribution in [0.4, 0.5) is 4.79 Å². The zero-order chi connectivity index (χ0) is 16.6. The second-order valence-electron chi connectivity index (χ2n) is 6.36. The Balaban J connectivity index is 1.67. The maximum Gasteiger partial charge on any atom is 0.521 e. The van der Waals surface area contributed by atoms with Gasteiger partial charge in [0.1, 0.15) is 6.04 Å². The third-order valence-electron chi connectivity index (χ3n) is 4.94. The molecular weight excluding hydrogens is 314 g/mol. The number of carbonyl (C=O) groups is 3. The molecule has 1 aromatic rings. The molecule has 23 heavy (non-hydrogen) atoms. The molecular formula is C17H20NO4S+. The van der Waals surface area contributed by atoms with Gasteiger partial charge in [-0.05, 0) is 13.3 Å². The Morgan fingerprint density at radius 3 is 2.48 bits per heavy atom. The van der Waals surface area contributed by atoms with Crippen molar-refractivity contribution < 1.29 is 24.0 Å². The van der Waals surface area contributed by atoms with Gasteiger partial charge < -0.3 is 5.11 Å². The first-order chi connectivity index (χ1) is 11.0. The molecule has 3 unspecified atom stereocenters. The molecule has 1 N–H and O–H groups in total. The molecule has 1 aliphatic heterocycles. The predicted molar refractivity (Wildman–Crippen MR) is 87.1 cm³/mol. The van der Waals surface area contributed by atoms with E-state index in [9.17, 15) is 19.5 Å². The summed E-state index contributed by atoms with van der Waals surface area (Å²) in [4.78, 5) is 36.7. The Labute approximate surface area is 139 Å². The van der Waals surface area contributed by atoms with Gasteiger partial charge in [-0.15, -0.1) is 0 Å². The lowest BCUT2D eigenvalue weighted by Crippen LogP contribution is -2.59. The van der Waals surface area contributed by atoms with E-state index in [0.717, 1.165) is 24.6 Å². The van der Waals surface area contributed by atoms with Crippen molar-refractivity contribution >= 4 is 28.9 Å². The molecule has 6 heteroatoms. The highest BCUT2D eigenvalue weighted by atomic mass is 32.2. The summed E-state index contributed by atoms with van der Waals surface area (Å²) in [5.74, 6) is -0.537. The second kappa shape index (κ2) is 6.09. The van der Waals surface area contributed by atoms with Crippen molar-refractivity contribution in [1.82, 2.24) is 0 Å². The van der Waals surface area contributed by atoms with Gasteiger partial charge in [-0.2, -0.15) is 9.28 Å². The highest BCUT2D eigenvalue weighted by Crippen LogP contribution is 2.47. The van der Waals surface area contributed by atoms with Crippen molar-refractivity contribution in [2.75, 3.05) is 6.54 Å². The van der Waals surface area contributed by atoms with Crippen LogP contribution in [0.25, 0.3) is 0 Å². The summed E-state index contributed by atoms with van der Waals surface area (Å²) < 4.78 is -0.457. The molecule has 2 amide bonds. The van der Waals surface area contributed by atoms with Gasteiger partial charge in [-0.1, -0.05) is 42.1 Å². The van der Waals surface area contributed by atoms with E-state index >= 15 is 0 Å². The van der Waals surface area contributed by atoms with E-state index in [0.29, 0.717) is 18.5 Å². The Bertz CT molecular complexity index is 647. The predicted octanol–water partition coefficient (Wildman–Crippen LogP) is 3.15. The van der Waals surface area contributed by atoms with Crippen LogP contribution < -0.4 is 0 Å². The van der Waals surface area contributed by atoms with Gasteiger partial charge in [0.25, 0.3) is 0 Å². The van der Waals surface area contributed by atoms with Crippen LogP contribution in [-0.2, 0) is 4.79 Å². The first-order valence-electron chi connectivity index (χ1n) is 7.88. The van der Waals surface area contributed by atoms with Crippen molar-refractivity contribution in [1.29, 1.82) is 0 Å². The van der Waals surface area contributed by atoms with Crippen LogP contribution in [-0.4, -0.2) is 44.5 Å². The minimum atomic E-state index is -1.05. The smallest absolute Gasteiger partial charge is 0.435 e. The average Bonchev–Trinajstić information content (AvgIpc) is 3.19. The molecule has 1 aliphatic carbocycles. The Morgan fingerprint density at radius 2 is 1.91 bits per heavy atom. The number of imide groups is 1. The molecule has 0 radical (unpaired) electrons. The number of carboxylic acid groups (broad SMARTS) is 1. The lowest BCUT2D eigenvalue weighted by atomic mass is 10.2. The first-order valence-corrected chi connectivity index (χ1v) is 8.76. The van der Waals surface area contributed by atoms with E-state index in [1.807, 2.05) is 13.0 Å². The van der Waals surface area contributed by atoms with E-state index in [2.05, 4.69) is 0 Å². The van der Waals surface area contributed by atoms with Crippen molar-refractivity contribution in [2.24, 2.45) is 5.92 Å². The summed E-state index contributed by atoms with van der Waals surface area (Å²) in [6.07, 6.45) is 1.06. The largest absolute Gasteiger partial charge is 0.521 e. The van der Waals surface area contributed by atoms with Gasteiger partial charge in [-0.25, -0.2) is 4.79 Å². The SMILES string of the molecule is C[C@@H]1CCC[N+]1(C(=O)O)C(=O)C1CC1SC(=O)c1ccccc1. The summed E-state index contributed by atoms with van der Waals surface area (Å²) >= 11 is 1.16. The van der Waals surface area contributed by atoms with Gasteiger partial charge in [0.2, 0.25) is 5.12 Å². The highest BCUT2D eigenvalue weighted by Gasteiger charge is 2.61. The van der Waals surface area contributed by atoms with Crippen molar-refractivity contribution in [3.63, 3.8) is 0 Å². The number of likely N-dealkylation sites (tertiary alicyclic amines) is 1. The second-order valence-corrected chi connectivity index (χ2v) is 7.57. The molecule has 1 aromatic carbocycles. The minimum Gasteiger partial charge on any atom is -0.435 e. The van der Waals surface area contributed by atoms with Crippen molar-refractivity contribution in [3.8, 4) is 0 Å². The number of carbonyl (C=O) groups excluding carboxylic acids is 2. The number of quaternary nitrogens is 1. The molecule has 1 saturated heterocycles. The van der Waals surface area contributed by atoms with E-state index in [1.165, 1.54) is 0 Å². The van der Waals surface area contributed by atoms with Crippen LogP contribution >= 0.6 is 11.8 Å². The fraction of sp³-hybridized carbons (Fsp3) is 0.471. The number of thioether (sulfide) groups is 1. The Hall–Kier alpha value is -1.66. The highest BCUT2D eigenvalue weighted by molar-refractivity contribution is 8.14. The minimum absolute atomic E-state index is 0.0535. The molecule has 0 bridgehead atoms. The van der Waals surface area contributed by atoms with Crippen LogP contribution in [0, 0.1) is 5.92 Å². The maximum absolute atomic E-state index is 12.8. The number of nitrogens with zero attached hydrogens (tertiary/aromatic N) is 1. The van der Waals surface area contributed by atoms with Gasteiger partial charge in [0.05, 0.1) is 12.5 Å². The molecule has 1 saturated carbocycles. The monoisotopic (exact) mass is 334 g/mol. The number of rotatable bonds is 3. The van der Waals surface area contributed by atoms with Gasteiger partial charge in [0.15, 0.2) is 0 Å². The molecule has 122 valence electrons. The Kier molecular flexibility index (Phi) is 4.29. The zero-order valence-electron chi connectivity index (χ0n) is 13.0. The first kappa shape index (κ1) is 16.2. The van der Waals surface area contributed by atoms with Crippen LogP contribution in [0.2, 0.25) is 0 Å². The summed E-state index contributed by atoms with van der Waals surface area (Å²) in [5.41, 5.74) is 0.618. The molecule has 5 nitrogen and oxygen atoms in total. The van der Waals surface area contributed by atoms with Crippen LogP contribution in [0.5, 0.6) is 0 Å². The molecule has 0 spiro atoms. The van der Waals surface area contributed by atoms with Crippen molar-refractivity contribution in [3.05, 3.63) is 35.9 Å². The number of amides is 2. The van der Waals surface area contributed by atoms with Gasteiger partial charge in [-0.3, -0.25) is 4.79 Å². The molecule has 0 aromatic heterocycles. The molecule has 4 atom stereocenters. The fourth-order valence-corrected chi connectivity index (χ4v) is 4.55. The lowest BCUT2D eigenvalue weighted by molar-refractivity contribution is -0.793. The van der Waals surface area contributed by atoms with E-state index in [1.54, 1.807) is 24.3 Å². The summed E-state index contributed by atoms with van der Waals surface area (Å²) in [6.45, 7) is 2.20. The van der Waals surface area contributed by atoms with Gasteiger partial charge in [0, 0.05) is 23.7 Å². The Morgan fingerprint density at radius 1 is 1.22 bits per heavy atom. The molecule has 2 fully saturated rings. The van der Waals surface area contributed by atoms with Gasteiger partial charge >= 0.3 is 12.0 Å². The average molecular weight is 334 g/mol. The van der Waals surface area contributed by atoms with Crippen LogP contribution in [0.15, 0.2) is 30.3 Å². The van der Waals surface area contributed by atoms with E-state index < -0.39 is 10.6 Å². The third kappa shape index (κ3) is 2.81. The summed E-state index contributed by atoms with van der Waals surface area (Å²) in [7, 11) is 0. The van der Waals surface area contributed by atoms with Crippen LogP contribution in [0.3, 0.4) is 0 Å². The topological polar surface area (TPSA) is 71.4 Å². The number of hydrogen-bond donors (Lipinski definition) is 1. The fourth-order valence-electron chi connectivity index (χ4n) is 3.42. The standard InChI is InChI=1S/C17H19NO4S/c1-11-6-5-9-18(11,17(21)22)15(19)13-10-14(13)23-16(20)12-7-3-2-4-8-12/h2-4,7-8,11,13-14H,5-6,9-10H2,1H3/p+1/t11-,13?,14?,18?/m1/s1. The van der Waals surface area contributed by atoms with E-state index in [-0.39, 0.29) is 28.2 Å². The number of hydrogen-bond acceptors (Lipinski definition) is 4. The van der Waals surface area contributed by atoms with Crippen molar-refractivity contribution in [2.45, 2.75) is 37.5 Å². The molecule has 2 aliphatic rings. The normalized spacial score (nSPS) is 32.5. The van der Waals surface area contributed by atoms with Crippen LogP contribution in [0.1, 0.15) is 36.5 Å². The maximum atomic E-state index is 12.8. The lowest BCUT2D eigenvalue weighted by Gasteiger charge is -2.29. The zero-order valence-corrected chi connectivity index (χ0v) is 13.8. The van der Waals surface area contributed by atoms with E-state index in [4.69, 9.17) is 0 Å². The summed E-state index contributed by atoms with van der Waals surface area (Å²) in [5, 5.41) is 9.47. The number of benzene rings is 1.